The number of nitrogens with zero attached hydrogens (tertiary/aromatic N) is 3. The van der Waals surface area contributed by atoms with E-state index in [0.29, 0.717) is 16.5 Å². The Bertz CT molecular complexity index is 1060. The fourth-order valence-electron chi connectivity index (χ4n) is 2.59. The first-order valence-corrected chi connectivity index (χ1v) is 8.27. The van der Waals surface area contributed by atoms with E-state index >= 15 is 0 Å². The molecule has 0 saturated heterocycles. The summed E-state index contributed by atoms with van der Waals surface area (Å²) < 4.78 is 1.41. The summed E-state index contributed by atoms with van der Waals surface area (Å²) in [6.07, 6.45) is 1.17. The van der Waals surface area contributed by atoms with Crippen molar-refractivity contribution in [3.8, 4) is 0 Å². The molecular formula is C19H19N5O3. The third-order valence-corrected chi connectivity index (χ3v) is 4.00. The third-order valence-electron chi connectivity index (χ3n) is 4.00. The van der Waals surface area contributed by atoms with Gasteiger partial charge in [0, 0.05) is 30.7 Å². The monoisotopic (exact) mass is 365 g/mol. The van der Waals surface area contributed by atoms with E-state index in [1.807, 2.05) is 25.1 Å². The highest BCUT2D eigenvalue weighted by molar-refractivity contribution is 5.96. The summed E-state index contributed by atoms with van der Waals surface area (Å²) in [5, 5.41) is 4.46. The highest BCUT2D eigenvalue weighted by atomic mass is 16.2. The van der Waals surface area contributed by atoms with Gasteiger partial charge < -0.3 is 4.90 Å². The summed E-state index contributed by atoms with van der Waals surface area (Å²) in [4.78, 5) is 38.1. The number of carbonyl (C=O) groups is 2. The first kappa shape index (κ1) is 18.1. The molecule has 0 aliphatic carbocycles. The number of hydrazine groups is 1. The van der Waals surface area contributed by atoms with Crippen LogP contribution in [0.25, 0.3) is 10.9 Å². The van der Waals surface area contributed by atoms with Crippen molar-refractivity contribution in [2.75, 3.05) is 19.0 Å². The van der Waals surface area contributed by atoms with Gasteiger partial charge in [0.15, 0.2) is 0 Å². The summed E-state index contributed by atoms with van der Waals surface area (Å²) in [6.45, 7) is -0.140. The smallest absolute Gasteiger partial charge is 0.269 e. The maximum Gasteiger partial charge on any atom is 0.269 e. The first-order chi connectivity index (χ1) is 13.0. The molecule has 8 heteroatoms. The average molecular weight is 365 g/mol. The number of amides is 2. The van der Waals surface area contributed by atoms with Crippen LogP contribution in [0.3, 0.4) is 0 Å². The number of para-hydroxylation sites is 1. The normalized spacial score (nSPS) is 10.4. The van der Waals surface area contributed by atoms with Crippen LogP contribution in [-0.2, 0) is 11.3 Å². The molecule has 1 heterocycles. The number of aromatic nitrogens is 2. The number of nitrogens with one attached hydrogen (secondary N) is 2. The molecule has 2 N–H and O–H groups in total. The zero-order chi connectivity index (χ0) is 19.4. The van der Waals surface area contributed by atoms with Crippen molar-refractivity contribution in [1.29, 1.82) is 0 Å². The van der Waals surface area contributed by atoms with Gasteiger partial charge in [-0.15, -0.1) is 0 Å². The zero-order valence-corrected chi connectivity index (χ0v) is 15.0. The Balaban J connectivity index is 1.67. The predicted octanol–water partition coefficient (Wildman–Crippen LogP) is 0.924. The number of carbonyl (C=O) groups excluding carboxylic acids is 2. The van der Waals surface area contributed by atoms with Gasteiger partial charge >= 0.3 is 0 Å². The van der Waals surface area contributed by atoms with Crippen molar-refractivity contribution in [1.82, 2.24) is 20.6 Å². The molecule has 2 aromatic carbocycles. The van der Waals surface area contributed by atoms with E-state index in [2.05, 4.69) is 16.0 Å². The van der Waals surface area contributed by atoms with Crippen molar-refractivity contribution in [2.24, 2.45) is 0 Å². The highest BCUT2D eigenvalue weighted by Gasteiger charge is 2.11. The largest absolute Gasteiger partial charge is 0.378 e. The third kappa shape index (κ3) is 4.12. The lowest BCUT2D eigenvalue weighted by Crippen LogP contribution is -2.43. The summed E-state index contributed by atoms with van der Waals surface area (Å²) in [6, 6.07) is 13.9. The van der Waals surface area contributed by atoms with Crippen LogP contribution in [0.15, 0.2) is 59.5 Å². The number of hydrogen-bond acceptors (Lipinski definition) is 5. The van der Waals surface area contributed by atoms with Crippen LogP contribution < -0.4 is 21.2 Å². The SMILES string of the molecule is CN(C)c1cccc(C(=O)NNC(=O)Cn2ncc(=O)c3ccccc32)c1. The van der Waals surface area contributed by atoms with E-state index < -0.39 is 11.8 Å². The standard InChI is InChI=1S/C19H19N5O3/c1-23(2)14-7-5-6-13(10-14)19(27)22-21-18(26)12-24-16-9-4-3-8-15(16)17(25)11-20-24/h3-11H,12H2,1-2H3,(H,21,26)(H,22,27). The van der Waals surface area contributed by atoms with Crippen molar-refractivity contribution in [2.45, 2.75) is 6.54 Å². The van der Waals surface area contributed by atoms with Gasteiger partial charge in [0.25, 0.3) is 11.8 Å². The van der Waals surface area contributed by atoms with E-state index in [1.54, 1.807) is 42.5 Å². The average Bonchev–Trinajstić information content (AvgIpc) is 2.68. The van der Waals surface area contributed by atoms with Crippen molar-refractivity contribution >= 4 is 28.4 Å². The van der Waals surface area contributed by atoms with E-state index in [1.165, 1.54) is 10.9 Å². The quantitative estimate of drug-likeness (QED) is 0.671. The van der Waals surface area contributed by atoms with Crippen LogP contribution in [0.4, 0.5) is 5.69 Å². The van der Waals surface area contributed by atoms with Crippen molar-refractivity contribution < 1.29 is 9.59 Å². The van der Waals surface area contributed by atoms with Crippen LogP contribution in [0, 0.1) is 0 Å². The number of rotatable bonds is 4. The minimum absolute atomic E-state index is 0.140. The lowest BCUT2D eigenvalue weighted by Gasteiger charge is -2.14. The van der Waals surface area contributed by atoms with Gasteiger partial charge in [-0.2, -0.15) is 5.10 Å². The molecule has 0 atom stereocenters. The first-order valence-electron chi connectivity index (χ1n) is 8.27. The molecule has 2 amide bonds. The van der Waals surface area contributed by atoms with Crippen LogP contribution in [0.1, 0.15) is 10.4 Å². The van der Waals surface area contributed by atoms with Crippen LogP contribution in [-0.4, -0.2) is 35.7 Å². The van der Waals surface area contributed by atoms with Gasteiger partial charge in [0.2, 0.25) is 5.43 Å². The summed E-state index contributed by atoms with van der Waals surface area (Å²) >= 11 is 0. The van der Waals surface area contributed by atoms with Crippen molar-refractivity contribution in [3.05, 3.63) is 70.5 Å². The Labute approximate surface area is 155 Å². The van der Waals surface area contributed by atoms with Gasteiger partial charge in [-0.3, -0.25) is 29.9 Å². The number of anilines is 1. The molecule has 0 aliphatic rings. The fraction of sp³-hybridized carbons (Fsp3) is 0.158. The molecule has 3 rings (SSSR count). The van der Waals surface area contributed by atoms with Crippen LogP contribution >= 0.6 is 0 Å². The maximum absolute atomic E-state index is 12.2. The van der Waals surface area contributed by atoms with E-state index in [4.69, 9.17) is 0 Å². The number of fused-ring (bicyclic) bond motifs is 1. The molecule has 0 fully saturated rings. The Morgan fingerprint density at radius 2 is 1.85 bits per heavy atom. The van der Waals surface area contributed by atoms with Crippen LogP contribution in [0.2, 0.25) is 0 Å². The Kier molecular flexibility index (Phi) is 5.16. The van der Waals surface area contributed by atoms with Gasteiger partial charge in [-0.1, -0.05) is 18.2 Å². The molecule has 8 nitrogen and oxygen atoms in total. The van der Waals surface area contributed by atoms with E-state index in [9.17, 15) is 14.4 Å². The number of benzene rings is 2. The fourth-order valence-corrected chi connectivity index (χ4v) is 2.59. The summed E-state index contributed by atoms with van der Waals surface area (Å²) in [5.74, 6) is -0.891. The summed E-state index contributed by atoms with van der Waals surface area (Å²) in [5.41, 5.74) is 6.38. The van der Waals surface area contributed by atoms with Gasteiger partial charge in [-0.25, -0.2) is 0 Å². The zero-order valence-electron chi connectivity index (χ0n) is 15.0. The van der Waals surface area contributed by atoms with Gasteiger partial charge in [-0.05, 0) is 30.3 Å². The maximum atomic E-state index is 12.2. The molecule has 1 aromatic heterocycles. The second-order valence-electron chi connectivity index (χ2n) is 6.13. The Hall–Kier alpha value is -3.68. The molecule has 0 bridgehead atoms. The lowest BCUT2D eigenvalue weighted by atomic mass is 10.2. The highest BCUT2D eigenvalue weighted by Crippen LogP contribution is 2.13. The predicted molar refractivity (Wildman–Crippen MR) is 102 cm³/mol. The molecule has 27 heavy (non-hydrogen) atoms. The Morgan fingerprint density at radius 3 is 2.63 bits per heavy atom. The molecule has 0 aliphatic heterocycles. The topological polar surface area (TPSA) is 96.3 Å². The second kappa shape index (κ2) is 7.69. The minimum atomic E-state index is -0.464. The molecule has 0 radical (unpaired) electrons. The van der Waals surface area contributed by atoms with Gasteiger partial charge in [0.05, 0.1) is 11.7 Å². The van der Waals surface area contributed by atoms with Crippen LogP contribution in [0.5, 0.6) is 0 Å². The molecule has 138 valence electrons. The van der Waals surface area contributed by atoms with E-state index in [0.717, 1.165) is 5.69 Å². The summed E-state index contributed by atoms with van der Waals surface area (Å²) in [7, 11) is 3.75. The molecule has 0 unspecified atom stereocenters. The number of hydrogen-bond donors (Lipinski definition) is 2. The molecule has 0 saturated carbocycles. The van der Waals surface area contributed by atoms with E-state index in [-0.39, 0.29) is 12.0 Å². The molecular weight excluding hydrogens is 346 g/mol. The van der Waals surface area contributed by atoms with Gasteiger partial charge in [0.1, 0.15) is 6.54 Å². The van der Waals surface area contributed by atoms with Crippen molar-refractivity contribution in [3.63, 3.8) is 0 Å². The minimum Gasteiger partial charge on any atom is -0.378 e. The molecule has 3 aromatic rings. The molecule has 0 spiro atoms. The Morgan fingerprint density at radius 1 is 1.07 bits per heavy atom. The second-order valence-corrected chi connectivity index (χ2v) is 6.13. The lowest BCUT2D eigenvalue weighted by molar-refractivity contribution is -0.122.